The summed E-state index contributed by atoms with van der Waals surface area (Å²) in [7, 11) is 2.55. The number of carbonyl (C=O) groups is 6. The summed E-state index contributed by atoms with van der Waals surface area (Å²) in [6.45, 7) is 13.3. The molecule has 0 atom stereocenters. The summed E-state index contributed by atoms with van der Waals surface area (Å²) in [6.07, 6.45) is -1.39. The molecule has 0 bridgehead atoms. The highest BCUT2D eigenvalue weighted by molar-refractivity contribution is 5.95. The van der Waals surface area contributed by atoms with E-state index < -0.39 is 58.7 Å². The Bertz CT molecular complexity index is 1000. The average Bonchev–Trinajstić information content (AvgIpc) is 2.78. The number of methoxy groups -OCH3 is 2. The van der Waals surface area contributed by atoms with Crippen molar-refractivity contribution in [3.63, 3.8) is 0 Å². The third-order valence-corrected chi connectivity index (χ3v) is 5.75. The Labute approximate surface area is 246 Å². The predicted octanol–water partition coefficient (Wildman–Crippen LogP) is 1.11. The Morgan fingerprint density at radius 1 is 0.738 bits per heavy atom. The maximum atomic E-state index is 12.0. The lowest BCUT2D eigenvalue weighted by Crippen LogP contribution is -2.72. The van der Waals surface area contributed by atoms with Crippen molar-refractivity contribution in [3.05, 3.63) is 0 Å². The monoisotopic (exact) mass is 602 g/mol. The predicted molar refractivity (Wildman–Crippen MR) is 148 cm³/mol. The van der Waals surface area contributed by atoms with E-state index in [1.54, 1.807) is 48.5 Å². The summed E-state index contributed by atoms with van der Waals surface area (Å²) in [6, 6.07) is 0. The first kappa shape index (κ1) is 36.4. The van der Waals surface area contributed by atoms with Gasteiger partial charge in [-0.15, -0.1) is 0 Å². The number of carbonyl (C=O) groups excluding carboxylic acids is 6. The average molecular weight is 603 g/mol. The van der Waals surface area contributed by atoms with Crippen LogP contribution in [0.4, 0.5) is 9.59 Å². The van der Waals surface area contributed by atoms with Crippen LogP contribution in [-0.2, 0) is 42.9 Å². The fraction of sp³-hybridized carbons (Fsp3) is 0.778. The molecule has 2 aliphatic rings. The number of amides is 3. The van der Waals surface area contributed by atoms with Crippen molar-refractivity contribution in [1.29, 1.82) is 0 Å². The molecule has 0 spiro atoms. The molecule has 0 radical (unpaired) electrons. The third kappa shape index (κ3) is 12.5. The zero-order chi connectivity index (χ0) is 32.5. The Hall–Kier alpha value is -3.62. The van der Waals surface area contributed by atoms with Crippen LogP contribution in [0.5, 0.6) is 0 Å². The van der Waals surface area contributed by atoms with E-state index >= 15 is 0 Å². The molecule has 2 saturated heterocycles. The van der Waals surface area contributed by atoms with Gasteiger partial charge in [0.2, 0.25) is 5.91 Å². The quantitative estimate of drug-likeness (QED) is 0.229. The molecule has 15 nitrogen and oxygen atoms in total. The number of rotatable bonds is 8. The van der Waals surface area contributed by atoms with E-state index in [-0.39, 0.29) is 38.5 Å². The van der Waals surface area contributed by atoms with Crippen molar-refractivity contribution in [3.8, 4) is 0 Å². The van der Waals surface area contributed by atoms with Crippen molar-refractivity contribution < 1.29 is 52.5 Å². The summed E-state index contributed by atoms with van der Waals surface area (Å²) >= 11 is 0. The molecule has 0 aromatic heterocycles. The molecule has 240 valence electrons. The van der Waals surface area contributed by atoms with Crippen LogP contribution in [0, 0.1) is 0 Å². The van der Waals surface area contributed by atoms with Crippen LogP contribution in [0.2, 0.25) is 0 Å². The summed E-state index contributed by atoms with van der Waals surface area (Å²) in [5.74, 6) is -2.13. The van der Waals surface area contributed by atoms with Gasteiger partial charge in [0, 0.05) is 26.2 Å². The van der Waals surface area contributed by atoms with Gasteiger partial charge in [-0.2, -0.15) is 0 Å². The van der Waals surface area contributed by atoms with Gasteiger partial charge >= 0.3 is 30.1 Å². The van der Waals surface area contributed by atoms with Gasteiger partial charge < -0.3 is 44.5 Å². The minimum Gasteiger partial charge on any atom is -0.469 e. The maximum absolute atomic E-state index is 12.0. The lowest BCUT2D eigenvalue weighted by Gasteiger charge is -2.49. The number of likely N-dealkylation sites (tertiary alicyclic amines) is 2. The Morgan fingerprint density at radius 2 is 1.17 bits per heavy atom. The SMILES string of the molecule is CCOC(=O)CC(=O)NC1(CC(=O)OC)CN(C(=O)OC(C)(C)C)C1.COC(=O)CC1(N)CN(C(=O)OC(C)(C)C)C1. The first-order valence-electron chi connectivity index (χ1n) is 13.5. The van der Waals surface area contributed by atoms with Crippen molar-refractivity contribution >= 4 is 36.0 Å². The van der Waals surface area contributed by atoms with Crippen molar-refractivity contribution in [2.45, 2.75) is 90.0 Å². The van der Waals surface area contributed by atoms with Gasteiger partial charge in [-0.3, -0.25) is 19.2 Å². The number of hydrogen-bond acceptors (Lipinski definition) is 12. The van der Waals surface area contributed by atoms with Crippen LogP contribution in [-0.4, -0.2) is 115 Å². The molecule has 0 aromatic carbocycles. The zero-order valence-corrected chi connectivity index (χ0v) is 26.1. The smallest absolute Gasteiger partial charge is 0.410 e. The van der Waals surface area contributed by atoms with E-state index in [9.17, 15) is 28.8 Å². The van der Waals surface area contributed by atoms with E-state index in [0.717, 1.165) is 0 Å². The molecule has 15 heteroatoms. The Balaban J connectivity index is 0.000000452. The van der Waals surface area contributed by atoms with E-state index in [2.05, 4.69) is 14.8 Å². The van der Waals surface area contributed by atoms with Gasteiger partial charge in [-0.1, -0.05) is 0 Å². The van der Waals surface area contributed by atoms with Crippen LogP contribution in [0.3, 0.4) is 0 Å². The first-order chi connectivity index (χ1) is 19.1. The second-order valence-corrected chi connectivity index (χ2v) is 12.4. The summed E-state index contributed by atoms with van der Waals surface area (Å²) in [5.41, 5.74) is 3.10. The highest BCUT2D eigenvalue weighted by atomic mass is 16.6. The number of nitrogens with one attached hydrogen (secondary N) is 1. The van der Waals surface area contributed by atoms with Crippen LogP contribution in [0.15, 0.2) is 0 Å². The van der Waals surface area contributed by atoms with Gasteiger partial charge in [0.1, 0.15) is 17.6 Å². The Kier molecular flexibility index (Phi) is 12.6. The normalized spacial score (nSPS) is 16.7. The van der Waals surface area contributed by atoms with E-state index in [4.69, 9.17) is 19.9 Å². The molecular formula is C27H46N4O11. The summed E-state index contributed by atoms with van der Waals surface area (Å²) < 4.78 is 24.3. The van der Waals surface area contributed by atoms with Gasteiger partial charge in [0.25, 0.3) is 0 Å². The fourth-order valence-electron chi connectivity index (χ4n) is 4.05. The molecule has 3 amide bonds. The summed E-state index contributed by atoms with van der Waals surface area (Å²) in [5, 5.41) is 2.64. The van der Waals surface area contributed by atoms with Crippen LogP contribution < -0.4 is 11.1 Å². The minimum absolute atomic E-state index is 0.0889. The molecule has 0 aromatic rings. The number of ether oxygens (including phenoxy) is 5. The highest BCUT2D eigenvalue weighted by Gasteiger charge is 2.49. The zero-order valence-electron chi connectivity index (χ0n) is 26.1. The largest absolute Gasteiger partial charge is 0.469 e. The number of nitrogens with zero attached hydrogens (tertiary/aromatic N) is 2. The molecule has 0 unspecified atom stereocenters. The van der Waals surface area contributed by atoms with Gasteiger partial charge in [-0.05, 0) is 48.5 Å². The van der Waals surface area contributed by atoms with E-state index in [0.29, 0.717) is 13.1 Å². The molecule has 2 aliphatic heterocycles. The van der Waals surface area contributed by atoms with E-state index in [1.807, 2.05) is 0 Å². The van der Waals surface area contributed by atoms with Gasteiger partial charge in [-0.25, -0.2) is 9.59 Å². The molecular weight excluding hydrogens is 556 g/mol. The van der Waals surface area contributed by atoms with Crippen molar-refractivity contribution in [1.82, 2.24) is 15.1 Å². The Morgan fingerprint density at radius 3 is 1.57 bits per heavy atom. The lowest BCUT2D eigenvalue weighted by molar-refractivity contribution is -0.148. The van der Waals surface area contributed by atoms with Gasteiger partial charge in [0.05, 0.1) is 44.7 Å². The second kappa shape index (κ2) is 14.5. The van der Waals surface area contributed by atoms with Crippen molar-refractivity contribution in [2.24, 2.45) is 5.73 Å². The summed E-state index contributed by atoms with van der Waals surface area (Å²) in [4.78, 5) is 72.6. The molecule has 2 rings (SSSR count). The van der Waals surface area contributed by atoms with Crippen LogP contribution >= 0.6 is 0 Å². The van der Waals surface area contributed by atoms with E-state index in [1.165, 1.54) is 24.0 Å². The third-order valence-electron chi connectivity index (χ3n) is 5.75. The number of esters is 3. The lowest BCUT2D eigenvalue weighted by atomic mass is 9.86. The topological polar surface area (TPSA) is 193 Å². The molecule has 3 N–H and O–H groups in total. The standard InChI is InChI=1S/C16H26N2O7.C11H20N2O4/c1-6-24-12(20)7-11(19)17-16(8-13(21)23-5)9-18(10-16)14(22)25-15(2,3)4;1-10(2,3)17-9(15)13-6-11(12,7-13)5-8(14)16-4/h6-10H2,1-5H3,(H,17,19);5-7,12H2,1-4H3. The fourth-order valence-corrected chi connectivity index (χ4v) is 4.05. The molecule has 2 heterocycles. The maximum Gasteiger partial charge on any atom is 0.410 e. The second-order valence-electron chi connectivity index (χ2n) is 12.4. The first-order valence-corrected chi connectivity index (χ1v) is 13.5. The van der Waals surface area contributed by atoms with Crippen LogP contribution in [0.1, 0.15) is 67.7 Å². The number of nitrogens with two attached hydrogens (primary N) is 1. The molecule has 2 fully saturated rings. The molecule has 0 aliphatic carbocycles. The molecule has 42 heavy (non-hydrogen) atoms. The molecule has 0 saturated carbocycles. The minimum atomic E-state index is -0.979. The van der Waals surface area contributed by atoms with Gasteiger partial charge in [0.15, 0.2) is 0 Å². The van der Waals surface area contributed by atoms with Crippen molar-refractivity contribution in [2.75, 3.05) is 47.0 Å². The number of hydrogen-bond donors (Lipinski definition) is 2. The van der Waals surface area contributed by atoms with Crippen LogP contribution in [0.25, 0.3) is 0 Å². The highest BCUT2D eigenvalue weighted by Crippen LogP contribution is 2.28.